The zero-order valence-electron chi connectivity index (χ0n) is 20.0. The van der Waals surface area contributed by atoms with Crippen molar-refractivity contribution in [2.45, 2.75) is 19.9 Å². The standard InChI is InChI=1S/C28H28N2O4/c1-17-8-6-7-9-22(17)25-24(26(31)23-15-14-21(34-5)16-18(23)2)27(32)28(33)30(25)20-12-10-19(11-13-20)29(3)4/h6-16,25,31H,1-5H3/b26-24+. The fraction of sp³-hybridized carbons (Fsp3) is 0.214. The molecule has 1 heterocycles. The van der Waals surface area contributed by atoms with E-state index < -0.39 is 17.7 Å². The van der Waals surface area contributed by atoms with Gasteiger partial charge in [0.2, 0.25) is 0 Å². The molecule has 1 N–H and O–H groups in total. The maximum atomic E-state index is 13.4. The van der Waals surface area contributed by atoms with E-state index >= 15 is 0 Å². The quantitative estimate of drug-likeness (QED) is 0.332. The van der Waals surface area contributed by atoms with E-state index in [0.29, 0.717) is 17.0 Å². The molecule has 6 nitrogen and oxygen atoms in total. The summed E-state index contributed by atoms with van der Waals surface area (Å²) in [6, 6.07) is 19.5. The highest BCUT2D eigenvalue weighted by Gasteiger charge is 2.47. The van der Waals surface area contributed by atoms with Crippen molar-refractivity contribution < 1.29 is 19.4 Å². The van der Waals surface area contributed by atoms with Gasteiger partial charge in [0.1, 0.15) is 11.5 Å². The van der Waals surface area contributed by atoms with Gasteiger partial charge in [0.25, 0.3) is 11.7 Å². The summed E-state index contributed by atoms with van der Waals surface area (Å²) in [5, 5.41) is 11.4. The Labute approximate surface area is 199 Å². The zero-order valence-corrected chi connectivity index (χ0v) is 20.0. The molecule has 3 aromatic rings. The highest BCUT2D eigenvalue weighted by atomic mass is 16.5. The maximum absolute atomic E-state index is 13.4. The lowest BCUT2D eigenvalue weighted by Crippen LogP contribution is -2.29. The minimum absolute atomic E-state index is 0.0734. The smallest absolute Gasteiger partial charge is 0.300 e. The molecule has 0 saturated carbocycles. The summed E-state index contributed by atoms with van der Waals surface area (Å²) in [6.07, 6.45) is 0. The summed E-state index contributed by atoms with van der Waals surface area (Å²) >= 11 is 0. The molecular weight excluding hydrogens is 428 g/mol. The number of anilines is 2. The summed E-state index contributed by atoms with van der Waals surface area (Å²) in [5.41, 5.74) is 4.56. The van der Waals surface area contributed by atoms with Crippen molar-refractivity contribution in [1.82, 2.24) is 0 Å². The third-order valence-corrected chi connectivity index (χ3v) is 6.26. The number of nitrogens with zero attached hydrogens (tertiary/aromatic N) is 2. The second-order valence-corrected chi connectivity index (χ2v) is 8.62. The Balaban J connectivity index is 1.94. The Kier molecular flexibility index (Phi) is 6.16. The molecule has 0 aromatic heterocycles. The molecule has 1 atom stereocenters. The molecule has 1 aliphatic heterocycles. The first-order chi connectivity index (χ1) is 16.2. The van der Waals surface area contributed by atoms with Crippen LogP contribution in [0.15, 0.2) is 72.3 Å². The molecule has 6 heteroatoms. The number of carbonyl (C=O) groups excluding carboxylic acids is 2. The zero-order chi connectivity index (χ0) is 24.6. The van der Waals surface area contributed by atoms with E-state index in [-0.39, 0.29) is 11.3 Å². The fourth-order valence-electron chi connectivity index (χ4n) is 4.37. The highest BCUT2D eigenvalue weighted by molar-refractivity contribution is 6.51. The van der Waals surface area contributed by atoms with E-state index in [4.69, 9.17) is 4.74 Å². The molecule has 0 aliphatic carbocycles. The number of carbonyl (C=O) groups is 2. The lowest BCUT2D eigenvalue weighted by atomic mass is 9.91. The Hall–Kier alpha value is -4.06. The Morgan fingerprint density at radius 1 is 0.941 bits per heavy atom. The predicted octanol–water partition coefficient (Wildman–Crippen LogP) is 5.00. The number of rotatable bonds is 5. The van der Waals surface area contributed by atoms with Crippen molar-refractivity contribution >= 4 is 28.8 Å². The van der Waals surface area contributed by atoms with Gasteiger partial charge in [-0.3, -0.25) is 14.5 Å². The lowest BCUT2D eigenvalue weighted by molar-refractivity contribution is -0.132. The number of Topliss-reactive ketones (excluding diaryl/α,β-unsaturated/α-hetero) is 1. The first kappa shape index (κ1) is 23.1. The van der Waals surface area contributed by atoms with E-state index in [1.807, 2.05) is 81.4 Å². The maximum Gasteiger partial charge on any atom is 0.300 e. The molecule has 0 spiro atoms. The van der Waals surface area contributed by atoms with Crippen molar-refractivity contribution in [2.24, 2.45) is 0 Å². The number of benzene rings is 3. The molecule has 1 unspecified atom stereocenters. The predicted molar refractivity (Wildman–Crippen MR) is 134 cm³/mol. The van der Waals surface area contributed by atoms with Gasteiger partial charge in [0.05, 0.1) is 18.7 Å². The Bertz CT molecular complexity index is 1290. The van der Waals surface area contributed by atoms with E-state index in [1.54, 1.807) is 25.3 Å². The van der Waals surface area contributed by atoms with E-state index in [9.17, 15) is 14.7 Å². The number of ether oxygens (including phenoxy) is 1. The number of amides is 1. The molecule has 3 aromatic carbocycles. The Morgan fingerprint density at radius 2 is 1.62 bits per heavy atom. The second-order valence-electron chi connectivity index (χ2n) is 8.62. The van der Waals surface area contributed by atoms with Crippen LogP contribution in [-0.4, -0.2) is 38.0 Å². The first-order valence-electron chi connectivity index (χ1n) is 11.0. The van der Waals surface area contributed by atoms with Crippen LogP contribution in [0.4, 0.5) is 11.4 Å². The van der Waals surface area contributed by atoms with Gasteiger partial charge < -0.3 is 14.7 Å². The molecule has 174 valence electrons. The van der Waals surface area contributed by atoms with Crippen LogP contribution in [0.1, 0.15) is 28.3 Å². The van der Waals surface area contributed by atoms with Crippen molar-refractivity contribution in [3.63, 3.8) is 0 Å². The lowest BCUT2D eigenvalue weighted by Gasteiger charge is -2.27. The molecule has 1 amide bonds. The monoisotopic (exact) mass is 456 g/mol. The third kappa shape index (κ3) is 3.92. The minimum atomic E-state index is -0.757. The summed E-state index contributed by atoms with van der Waals surface area (Å²) in [7, 11) is 5.44. The van der Waals surface area contributed by atoms with Gasteiger partial charge in [0, 0.05) is 31.0 Å². The number of hydrogen-bond acceptors (Lipinski definition) is 5. The fourth-order valence-corrected chi connectivity index (χ4v) is 4.37. The molecule has 0 radical (unpaired) electrons. The van der Waals surface area contributed by atoms with Crippen molar-refractivity contribution in [1.29, 1.82) is 0 Å². The average Bonchev–Trinajstić information content (AvgIpc) is 3.09. The van der Waals surface area contributed by atoms with Crippen LogP contribution in [0, 0.1) is 13.8 Å². The van der Waals surface area contributed by atoms with Crippen molar-refractivity contribution in [3.8, 4) is 5.75 Å². The van der Waals surface area contributed by atoms with Crippen LogP contribution in [0.25, 0.3) is 5.76 Å². The van der Waals surface area contributed by atoms with E-state index in [1.165, 1.54) is 4.90 Å². The number of hydrogen-bond donors (Lipinski definition) is 1. The Morgan fingerprint density at radius 3 is 2.21 bits per heavy atom. The first-order valence-corrected chi connectivity index (χ1v) is 11.0. The van der Waals surface area contributed by atoms with Gasteiger partial charge in [-0.15, -0.1) is 0 Å². The minimum Gasteiger partial charge on any atom is -0.507 e. The number of ketones is 1. The molecule has 1 aliphatic rings. The molecule has 0 bridgehead atoms. The summed E-state index contributed by atoms with van der Waals surface area (Å²) in [4.78, 5) is 30.2. The average molecular weight is 457 g/mol. The highest BCUT2D eigenvalue weighted by Crippen LogP contribution is 2.43. The van der Waals surface area contributed by atoms with Gasteiger partial charge >= 0.3 is 0 Å². The number of methoxy groups -OCH3 is 1. The van der Waals surface area contributed by atoms with E-state index in [0.717, 1.165) is 22.4 Å². The van der Waals surface area contributed by atoms with Crippen LogP contribution in [0.3, 0.4) is 0 Å². The van der Waals surface area contributed by atoms with Gasteiger partial charge in [-0.2, -0.15) is 0 Å². The van der Waals surface area contributed by atoms with Crippen LogP contribution in [-0.2, 0) is 9.59 Å². The normalized spacial score (nSPS) is 17.2. The van der Waals surface area contributed by atoms with Crippen molar-refractivity contribution in [2.75, 3.05) is 31.0 Å². The number of aryl methyl sites for hydroxylation is 2. The van der Waals surface area contributed by atoms with Crippen LogP contribution >= 0.6 is 0 Å². The van der Waals surface area contributed by atoms with Gasteiger partial charge in [0.15, 0.2) is 0 Å². The molecule has 1 saturated heterocycles. The number of aliphatic hydroxyl groups excluding tert-OH is 1. The van der Waals surface area contributed by atoms with Crippen LogP contribution < -0.4 is 14.5 Å². The molecular formula is C28H28N2O4. The third-order valence-electron chi connectivity index (χ3n) is 6.26. The van der Waals surface area contributed by atoms with Gasteiger partial charge in [-0.25, -0.2) is 0 Å². The number of aliphatic hydroxyl groups is 1. The molecule has 1 fully saturated rings. The summed E-state index contributed by atoms with van der Waals surface area (Å²) in [6.45, 7) is 3.76. The van der Waals surface area contributed by atoms with Crippen LogP contribution in [0.2, 0.25) is 0 Å². The van der Waals surface area contributed by atoms with E-state index in [2.05, 4.69) is 0 Å². The van der Waals surface area contributed by atoms with Crippen LogP contribution in [0.5, 0.6) is 5.75 Å². The molecule has 34 heavy (non-hydrogen) atoms. The summed E-state index contributed by atoms with van der Waals surface area (Å²) < 4.78 is 5.27. The second kappa shape index (κ2) is 9.06. The van der Waals surface area contributed by atoms with Gasteiger partial charge in [-0.1, -0.05) is 24.3 Å². The molecule has 4 rings (SSSR count). The summed E-state index contributed by atoms with van der Waals surface area (Å²) in [5.74, 6) is -0.929. The van der Waals surface area contributed by atoms with Crippen molar-refractivity contribution in [3.05, 3.63) is 94.6 Å². The topological polar surface area (TPSA) is 70.1 Å². The van der Waals surface area contributed by atoms with Gasteiger partial charge in [-0.05, 0) is 73.0 Å². The largest absolute Gasteiger partial charge is 0.507 e. The SMILES string of the molecule is COc1ccc(/C(O)=C2\C(=O)C(=O)N(c3ccc(N(C)C)cc3)C2c2ccccc2C)c(C)c1.